The minimum atomic E-state index is -3.00. The highest BCUT2D eigenvalue weighted by Crippen LogP contribution is 2.25. The van der Waals surface area contributed by atoms with Crippen molar-refractivity contribution in [3.63, 3.8) is 0 Å². The normalized spacial score (nSPS) is 10.0. The SMILES string of the molecule is CCOC(=O)CNC(=O)Nc1ccccc1OC(F)F. The zero-order chi connectivity index (χ0) is 15.0. The fourth-order valence-electron chi connectivity index (χ4n) is 1.30. The fraction of sp³-hybridized carbons (Fsp3) is 0.333. The van der Waals surface area contributed by atoms with E-state index in [4.69, 9.17) is 0 Å². The summed E-state index contributed by atoms with van der Waals surface area (Å²) in [6.07, 6.45) is 0. The first-order valence-electron chi connectivity index (χ1n) is 5.77. The molecule has 0 aromatic heterocycles. The van der Waals surface area contributed by atoms with Crippen LogP contribution in [0, 0.1) is 0 Å². The molecule has 0 bridgehead atoms. The molecule has 0 spiro atoms. The Bertz CT molecular complexity index is 469. The largest absolute Gasteiger partial charge is 0.465 e. The number of carbonyl (C=O) groups is 2. The third kappa shape index (κ3) is 5.51. The van der Waals surface area contributed by atoms with Gasteiger partial charge in [0, 0.05) is 0 Å². The van der Waals surface area contributed by atoms with Crippen molar-refractivity contribution in [3.8, 4) is 5.75 Å². The average Bonchev–Trinajstić information content (AvgIpc) is 2.38. The van der Waals surface area contributed by atoms with Crippen LogP contribution in [0.1, 0.15) is 6.92 Å². The number of anilines is 1. The molecule has 110 valence electrons. The van der Waals surface area contributed by atoms with Crippen LogP contribution in [0.15, 0.2) is 24.3 Å². The van der Waals surface area contributed by atoms with Crippen molar-refractivity contribution in [1.29, 1.82) is 0 Å². The van der Waals surface area contributed by atoms with Crippen molar-refractivity contribution in [1.82, 2.24) is 5.32 Å². The van der Waals surface area contributed by atoms with Crippen molar-refractivity contribution in [2.75, 3.05) is 18.5 Å². The number of benzene rings is 1. The standard InChI is InChI=1S/C12H14F2N2O4/c1-2-19-10(17)7-15-12(18)16-8-5-3-4-6-9(8)20-11(13)14/h3-6,11H,2,7H2,1H3,(H2,15,16,18). The van der Waals surface area contributed by atoms with Crippen molar-refractivity contribution in [2.24, 2.45) is 0 Å². The molecule has 0 heterocycles. The molecule has 0 saturated heterocycles. The van der Waals surface area contributed by atoms with Gasteiger partial charge in [0.1, 0.15) is 12.3 Å². The molecule has 2 N–H and O–H groups in total. The van der Waals surface area contributed by atoms with Gasteiger partial charge in [0.15, 0.2) is 0 Å². The van der Waals surface area contributed by atoms with Crippen LogP contribution in [0.4, 0.5) is 19.3 Å². The molecule has 1 aromatic carbocycles. The van der Waals surface area contributed by atoms with Gasteiger partial charge in [-0.2, -0.15) is 8.78 Å². The lowest BCUT2D eigenvalue weighted by molar-refractivity contribution is -0.141. The highest BCUT2D eigenvalue weighted by molar-refractivity contribution is 5.92. The van der Waals surface area contributed by atoms with Gasteiger partial charge in [0.25, 0.3) is 0 Å². The lowest BCUT2D eigenvalue weighted by Gasteiger charge is -2.12. The Morgan fingerprint density at radius 2 is 2.00 bits per heavy atom. The fourth-order valence-corrected chi connectivity index (χ4v) is 1.30. The molecule has 0 saturated carbocycles. The van der Waals surface area contributed by atoms with Crippen LogP contribution in [0.3, 0.4) is 0 Å². The number of carbonyl (C=O) groups excluding carboxylic acids is 2. The maximum absolute atomic E-state index is 12.2. The smallest absolute Gasteiger partial charge is 0.387 e. The van der Waals surface area contributed by atoms with E-state index in [1.807, 2.05) is 0 Å². The molecule has 0 radical (unpaired) electrons. The van der Waals surface area contributed by atoms with Crippen LogP contribution in [0.25, 0.3) is 0 Å². The van der Waals surface area contributed by atoms with Gasteiger partial charge in [0.05, 0.1) is 12.3 Å². The van der Waals surface area contributed by atoms with Gasteiger partial charge in [-0.3, -0.25) is 4.79 Å². The molecule has 6 nitrogen and oxygen atoms in total. The Balaban J connectivity index is 2.55. The maximum atomic E-state index is 12.2. The first kappa shape index (κ1) is 15.7. The van der Waals surface area contributed by atoms with Crippen LogP contribution in [0.5, 0.6) is 5.75 Å². The summed E-state index contributed by atoms with van der Waals surface area (Å²) in [5.41, 5.74) is 0.0640. The van der Waals surface area contributed by atoms with Gasteiger partial charge in [0.2, 0.25) is 0 Å². The molecule has 0 aliphatic rings. The van der Waals surface area contributed by atoms with Gasteiger partial charge in [-0.1, -0.05) is 12.1 Å². The monoisotopic (exact) mass is 288 g/mol. The highest BCUT2D eigenvalue weighted by Gasteiger charge is 2.12. The van der Waals surface area contributed by atoms with E-state index in [0.717, 1.165) is 0 Å². The molecule has 1 rings (SSSR count). The van der Waals surface area contributed by atoms with Crippen LogP contribution in [-0.4, -0.2) is 31.8 Å². The summed E-state index contributed by atoms with van der Waals surface area (Å²) in [4.78, 5) is 22.5. The molecule has 0 atom stereocenters. The van der Waals surface area contributed by atoms with E-state index in [2.05, 4.69) is 20.1 Å². The second-order valence-electron chi connectivity index (χ2n) is 3.49. The number of para-hydroxylation sites is 2. The average molecular weight is 288 g/mol. The molecular weight excluding hydrogens is 274 g/mol. The highest BCUT2D eigenvalue weighted by atomic mass is 19.3. The van der Waals surface area contributed by atoms with E-state index in [1.54, 1.807) is 13.0 Å². The van der Waals surface area contributed by atoms with Crippen LogP contribution in [0.2, 0.25) is 0 Å². The predicted molar refractivity (Wildman–Crippen MR) is 66.7 cm³/mol. The van der Waals surface area contributed by atoms with E-state index in [0.29, 0.717) is 0 Å². The summed E-state index contributed by atoms with van der Waals surface area (Å²) < 4.78 is 33.2. The van der Waals surface area contributed by atoms with Crippen molar-refractivity contribution in [3.05, 3.63) is 24.3 Å². The van der Waals surface area contributed by atoms with Crippen molar-refractivity contribution in [2.45, 2.75) is 13.5 Å². The van der Waals surface area contributed by atoms with Crippen LogP contribution >= 0.6 is 0 Å². The quantitative estimate of drug-likeness (QED) is 0.785. The molecule has 2 amide bonds. The van der Waals surface area contributed by atoms with E-state index < -0.39 is 18.6 Å². The predicted octanol–water partition coefficient (Wildman–Crippen LogP) is 1.97. The molecular formula is C12H14F2N2O4. The number of amides is 2. The molecule has 1 aromatic rings. The Kier molecular flexibility index (Phi) is 6.21. The first-order valence-corrected chi connectivity index (χ1v) is 5.77. The molecule has 0 fully saturated rings. The maximum Gasteiger partial charge on any atom is 0.387 e. The van der Waals surface area contributed by atoms with E-state index in [9.17, 15) is 18.4 Å². The molecule has 0 aliphatic heterocycles. The summed E-state index contributed by atoms with van der Waals surface area (Å²) in [5, 5.41) is 4.53. The van der Waals surface area contributed by atoms with Gasteiger partial charge in [-0.25, -0.2) is 4.79 Å². The van der Waals surface area contributed by atoms with E-state index in [1.165, 1.54) is 18.2 Å². The number of ether oxygens (including phenoxy) is 2. The lowest BCUT2D eigenvalue weighted by Crippen LogP contribution is -2.34. The van der Waals surface area contributed by atoms with Crippen molar-refractivity contribution < 1.29 is 27.8 Å². The molecule has 20 heavy (non-hydrogen) atoms. The minimum absolute atomic E-state index is 0.0640. The van der Waals surface area contributed by atoms with Gasteiger partial charge >= 0.3 is 18.6 Å². The molecule has 8 heteroatoms. The number of nitrogens with one attached hydrogen (secondary N) is 2. The molecule has 0 aliphatic carbocycles. The second kappa shape index (κ2) is 7.93. The third-order valence-electron chi connectivity index (χ3n) is 2.05. The van der Waals surface area contributed by atoms with Crippen molar-refractivity contribution >= 4 is 17.7 Å². The summed E-state index contributed by atoms with van der Waals surface area (Å²) in [7, 11) is 0. The zero-order valence-corrected chi connectivity index (χ0v) is 10.7. The Labute approximate surface area is 114 Å². The second-order valence-corrected chi connectivity index (χ2v) is 3.49. The van der Waals surface area contributed by atoms with Crippen LogP contribution < -0.4 is 15.4 Å². The Hall–Kier alpha value is -2.38. The van der Waals surface area contributed by atoms with E-state index >= 15 is 0 Å². The summed E-state index contributed by atoms with van der Waals surface area (Å²) in [6.45, 7) is -1.48. The topological polar surface area (TPSA) is 76.7 Å². The summed E-state index contributed by atoms with van der Waals surface area (Å²) >= 11 is 0. The van der Waals surface area contributed by atoms with Gasteiger partial charge in [-0.15, -0.1) is 0 Å². The van der Waals surface area contributed by atoms with Gasteiger partial charge < -0.3 is 20.1 Å². The first-order chi connectivity index (χ1) is 9.52. The Morgan fingerprint density at radius 1 is 1.30 bits per heavy atom. The number of hydrogen-bond acceptors (Lipinski definition) is 4. The lowest BCUT2D eigenvalue weighted by atomic mass is 10.3. The number of halogens is 2. The number of esters is 1. The number of urea groups is 1. The number of alkyl halides is 2. The summed E-state index contributed by atoms with van der Waals surface area (Å²) in [5.74, 6) is -0.770. The zero-order valence-electron chi connectivity index (χ0n) is 10.7. The number of rotatable bonds is 6. The van der Waals surface area contributed by atoms with Gasteiger partial charge in [-0.05, 0) is 19.1 Å². The number of hydrogen-bond donors (Lipinski definition) is 2. The minimum Gasteiger partial charge on any atom is -0.465 e. The Morgan fingerprint density at radius 3 is 2.65 bits per heavy atom. The molecule has 0 unspecified atom stereocenters. The summed E-state index contributed by atoms with van der Waals surface area (Å²) in [6, 6.07) is 4.97. The van der Waals surface area contributed by atoms with E-state index in [-0.39, 0.29) is 24.6 Å². The van der Waals surface area contributed by atoms with Crippen LogP contribution in [-0.2, 0) is 9.53 Å². The third-order valence-corrected chi connectivity index (χ3v) is 2.05.